The van der Waals surface area contributed by atoms with E-state index in [-0.39, 0.29) is 16.0 Å². The minimum Gasteiger partial charge on any atom is -0.489 e. The van der Waals surface area contributed by atoms with Crippen molar-refractivity contribution in [3.05, 3.63) is 58.7 Å². The van der Waals surface area contributed by atoms with Gasteiger partial charge < -0.3 is 20.7 Å². The molecule has 1 saturated carbocycles. The number of hydrogen-bond acceptors (Lipinski definition) is 8. The maximum Gasteiger partial charge on any atom is 0.229 e. The topological polar surface area (TPSA) is 105 Å². The third kappa shape index (κ3) is 6.87. The lowest BCUT2D eigenvalue weighted by atomic mass is 9.80. The summed E-state index contributed by atoms with van der Waals surface area (Å²) in [6.07, 6.45) is 6.09. The highest BCUT2D eigenvalue weighted by atomic mass is 35.5. The number of rotatable bonds is 10. The lowest BCUT2D eigenvalue weighted by Crippen LogP contribution is -2.29. The zero-order valence-corrected chi connectivity index (χ0v) is 25.7. The number of para-hydroxylation sites is 1. The van der Waals surface area contributed by atoms with E-state index in [2.05, 4.69) is 45.0 Å². The van der Waals surface area contributed by atoms with Crippen LogP contribution in [0.5, 0.6) is 5.75 Å². The Morgan fingerprint density at radius 1 is 1.00 bits per heavy atom. The number of anilines is 4. The number of ether oxygens (including phenoxy) is 1. The third-order valence-electron chi connectivity index (χ3n) is 7.36. The molecule has 216 valence electrons. The molecule has 1 aliphatic rings. The summed E-state index contributed by atoms with van der Waals surface area (Å²) in [7, 11) is -1.48. The largest absolute Gasteiger partial charge is 0.489 e. The van der Waals surface area contributed by atoms with Crippen LogP contribution in [0.15, 0.2) is 47.5 Å². The van der Waals surface area contributed by atoms with E-state index in [1.165, 1.54) is 17.3 Å². The predicted molar refractivity (Wildman–Crippen MR) is 163 cm³/mol. The highest BCUT2D eigenvalue weighted by Gasteiger charge is 2.25. The van der Waals surface area contributed by atoms with Crippen molar-refractivity contribution in [2.45, 2.75) is 88.5 Å². The van der Waals surface area contributed by atoms with Crippen LogP contribution in [0.3, 0.4) is 0 Å². The zero-order chi connectivity index (χ0) is 29.0. The summed E-state index contributed by atoms with van der Waals surface area (Å²) < 4.78 is 32.1. The Morgan fingerprint density at radius 3 is 2.35 bits per heavy atom. The van der Waals surface area contributed by atoms with Crippen LogP contribution >= 0.6 is 11.6 Å². The molecule has 0 radical (unpaired) electrons. The predicted octanol–water partition coefficient (Wildman–Crippen LogP) is 7.14. The van der Waals surface area contributed by atoms with E-state index in [4.69, 9.17) is 16.3 Å². The van der Waals surface area contributed by atoms with E-state index >= 15 is 0 Å². The quantitative estimate of drug-likeness (QED) is 0.230. The minimum atomic E-state index is -3.52. The Kier molecular flexibility index (Phi) is 9.59. The van der Waals surface area contributed by atoms with Crippen molar-refractivity contribution in [2.24, 2.45) is 0 Å². The number of benzene rings is 2. The second-order valence-corrected chi connectivity index (χ2v) is 13.8. The third-order valence-corrected chi connectivity index (χ3v) is 9.85. The lowest BCUT2D eigenvalue weighted by molar-refractivity contribution is 0.243. The van der Waals surface area contributed by atoms with Gasteiger partial charge in [-0.05, 0) is 109 Å². The minimum absolute atomic E-state index is 0.0149. The standard InChI is InChI=1S/C30H40ClN5O3S/c1-18(2)39-27-16-23(21-11-13-22(32-6)14-12-21)20(5)15-26(27)35-30-33-17-24(31)29(36-30)34-25-9-7-8-10-28(25)40(37,38)19(3)4/h7-10,15-19,21-22,32H,11-14H2,1-6H3,(H2,33,34,35,36)/t21-,22+. The van der Waals surface area contributed by atoms with Crippen molar-refractivity contribution >= 4 is 44.6 Å². The number of halogens is 1. The molecule has 0 saturated heterocycles. The Balaban J connectivity index is 1.64. The van der Waals surface area contributed by atoms with Crippen molar-refractivity contribution in [3.8, 4) is 5.75 Å². The van der Waals surface area contributed by atoms with E-state index in [9.17, 15) is 8.42 Å². The zero-order valence-electron chi connectivity index (χ0n) is 24.1. The summed E-state index contributed by atoms with van der Waals surface area (Å²) in [6, 6.07) is 11.6. The van der Waals surface area contributed by atoms with Crippen molar-refractivity contribution in [1.29, 1.82) is 0 Å². The van der Waals surface area contributed by atoms with Gasteiger partial charge in [0.25, 0.3) is 0 Å². The SMILES string of the molecule is CN[C@H]1CC[C@@H](c2cc(OC(C)C)c(Nc3ncc(Cl)c(Nc4ccccc4S(=O)(=O)C(C)C)n3)cc2C)CC1. The Hall–Kier alpha value is -2.88. The molecule has 1 fully saturated rings. The molecule has 40 heavy (non-hydrogen) atoms. The molecule has 0 bridgehead atoms. The Bertz CT molecular complexity index is 1440. The summed E-state index contributed by atoms with van der Waals surface area (Å²) in [4.78, 5) is 9.16. The molecule has 1 aliphatic carbocycles. The molecule has 0 spiro atoms. The number of hydrogen-bond donors (Lipinski definition) is 3. The number of aryl methyl sites for hydroxylation is 1. The van der Waals surface area contributed by atoms with Gasteiger partial charge in [0.15, 0.2) is 15.7 Å². The average Bonchev–Trinajstić information content (AvgIpc) is 2.92. The number of aromatic nitrogens is 2. The number of sulfone groups is 1. The van der Waals surface area contributed by atoms with E-state index in [0.29, 0.717) is 29.4 Å². The van der Waals surface area contributed by atoms with Crippen molar-refractivity contribution in [3.63, 3.8) is 0 Å². The molecule has 0 atom stereocenters. The van der Waals surface area contributed by atoms with Gasteiger partial charge in [0.1, 0.15) is 10.8 Å². The summed E-state index contributed by atoms with van der Waals surface area (Å²) in [6.45, 7) is 9.45. The first-order valence-electron chi connectivity index (χ1n) is 13.9. The highest BCUT2D eigenvalue weighted by Crippen LogP contribution is 2.40. The number of nitrogens with zero attached hydrogens (tertiary/aromatic N) is 2. The van der Waals surface area contributed by atoms with Crippen LogP contribution < -0.4 is 20.7 Å². The molecule has 1 aromatic heterocycles. The van der Waals surface area contributed by atoms with Gasteiger partial charge in [0, 0.05) is 6.04 Å². The van der Waals surface area contributed by atoms with Crippen LogP contribution in [0.4, 0.5) is 23.1 Å². The summed E-state index contributed by atoms with van der Waals surface area (Å²) in [5, 5.41) is 9.52. The van der Waals surface area contributed by atoms with E-state index in [1.54, 1.807) is 38.1 Å². The van der Waals surface area contributed by atoms with Gasteiger partial charge in [0.05, 0.1) is 33.8 Å². The monoisotopic (exact) mass is 585 g/mol. The first-order valence-corrected chi connectivity index (χ1v) is 15.8. The van der Waals surface area contributed by atoms with E-state index in [0.717, 1.165) is 37.1 Å². The molecular formula is C30H40ClN5O3S. The van der Waals surface area contributed by atoms with Crippen molar-refractivity contribution < 1.29 is 13.2 Å². The van der Waals surface area contributed by atoms with Gasteiger partial charge in [-0.2, -0.15) is 4.98 Å². The molecule has 0 aliphatic heterocycles. The Labute approximate surface area is 243 Å². The van der Waals surface area contributed by atoms with Crippen LogP contribution in [0.2, 0.25) is 5.02 Å². The van der Waals surface area contributed by atoms with Gasteiger partial charge in [-0.25, -0.2) is 13.4 Å². The molecule has 8 nitrogen and oxygen atoms in total. The normalized spacial score (nSPS) is 17.7. The number of nitrogens with one attached hydrogen (secondary N) is 3. The van der Waals surface area contributed by atoms with Crippen LogP contribution in [-0.2, 0) is 9.84 Å². The molecule has 0 unspecified atom stereocenters. The molecule has 3 aromatic rings. The van der Waals surface area contributed by atoms with Crippen molar-refractivity contribution in [1.82, 2.24) is 15.3 Å². The van der Waals surface area contributed by atoms with Crippen LogP contribution in [-0.4, -0.2) is 42.8 Å². The smallest absolute Gasteiger partial charge is 0.229 e. The van der Waals surface area contributed by atoms with Crippen molar-refractivity contribution in [2.75, 3.05) is 17.7 Å². The molecule has 3 N–H and O–H groups in total. The fourth-order valence-electron chi connectivity index (χ4n) is 5.12. The van der Waals surface area contributed by atoms with Crippen LogP contribution in [0.25, 0.3) is 0 Å². The van der Waals surface area contributed by atoms with Gasteiger partial charge in [-0.3, -0.25) is 0 Å². The molecule has 1 heterocycles. The Morgan fingerprint density at radius 2 is 1.70 bits per heavy atom. The molecule has 4 rings (SSSR count). The van der Waals surface area contributed by atoms with Gasteiger partial charge >= 0.3 is 0 Å². The first-order chi connectivity index (χ1) is 19.0. The van der Waals surface area contributed by atoms with E-state index < -0.39 is 15.1 Å². The molecule has 10 heteroatoms. The fraction of sp³-hybridized carbons (Fsp3) is 0.467. The van der Waals surface area contributed by atoms with Gasteiger partial charge in [-0.1, -0.05) is 23.7 Å². The maximum absolute atomic E-state index is 12.9. The van der Waals surface area contributed by atoms with Gasteiger partial charge in [0.2, 0.25) is 5.95 Å². The lowest BCUT2D eigenvalue weighted by Gasteiger charge is -2.30. The van der Waals surface area contributed by atoms with E-state index in [1.807, 2.05) is 20.9 Å². The van der Waals surface area contributed by atoms with Crippen LogP contribution in [0, 0.1) is 6.92 Å². The fourth-order valence-corrected chi connectivity index (χ4v) is 6.46. The first kappa shape index (κ1) is 30.1. The maximum atomic E-state index is 12.9. The molecular weight excluding hydrogens is 546 g/mol. The second-order valence-electron chi connectivity index (χ2n) is 10.9. The summed E-state index contributed by atoms with van der Waals surface area (Å²) in [5.74, 6) is 1.85. The summed E-state index contributed by atoms with van der Waals surface area (Å²) in [5.41, 5.74) is 3.67. The second kappa shape index (κ2) is 12.7. The highest BCUT2D eigenvalue weighted by molar-refractivity contribution is 7.92. The average molecular weight is 586 g/mol. The summed E-state index contributed by atoms with van der Waals surface area (Å²) >= 11 is 6.44. The van der Waals surface area contributed by atoms with Gasteiger partial charge in [-0.15, -0.1) is 0 Å². The molecule has 0 amide bonds. The molecule has 2 aromatic carbocycles. The van der Waals surface area contributed by atoms with Crippen LogP contribution in [0.1, 0.15) is 70.4 Å².